The van der Waals surface area contributed by atoms with Crippen LogP contribution in [0.15, 0.2) is 0 Å². The minimum Gasteiger partial charge on any atom is -0.372 e. The normalized spacial score (nSPS) is 37.5. The Morgan fingerprint density at radius 3 is 2.70 bits per heavy atom. The Morgan fingerprint density at radius 1 is 1.50 bits per heavy atom. The average Bonchev–Trinajstić information content (AvgIpc) is 1.86. The van der Waals surface area contributed by atoms with Crippen molar-refractivity contribution in [1.29, 1.82) is 0 Å². The van der Waals surface area contributed by atoms with Crippen LogP contribution in [0.1, 0.15) is 26.2 Å². The van der Waals surface area contributed by atoms with Gasteiger partial charge in [0.1, 0.15) is 0 Å². The quantitative estimate of drug-likeness (QED) is 0.541. The van der Waals surface area contributed by atoms with E-state index in [4.69, 9.17) is 4.74 Å². The van der Waals surface area contributed by atoms with Crippen molar-refractivity contribution >= 4 is 0 Å². The van der Waals surface area contributed by atoms with E-state index >= 15 is 0 Å². The van der Waals surface area contributed by atoms with Crippen molar-refractivity contribution in [3.8, 4) is 0 Å². The summed E-state index contributed by atoms with van der Waals surface area (Å²) in [6.45, 7) is 4.15. The topological polar surface area (TPSA) is 21.3 Å². The number of morpholine rings is 1. The van der Waals surface area contributed by atoms with Crippen LogP contribution in [0.5, 0.6) is 0 Å². The third-order valence-corrected chi connectivity index (χ3v) is 2.68. The van der Waals surface area contributed by atoms with Crippen molar-refractivity contribution in [1.82, 2.24) is 5.32 Å². The Kier molecular flexibility index (Phi) is 1.46. The van der Waals surface area contributed by atoms with E-state index in [0.717, 1.165) is 13.2 Å². The molecule has 0 bridgehead atoms. The van der Waals surface area contributed by atoms with Crippen LogP contribution < -0.4 is 5.32 Å². The zero-order valence-electron chi connectivity index (χ0n) is 6.52. The van der Waals surface area contributed by atoms with Gasteiger partial charge in [-0.2, -0.15) is 0 Å². The highest BCUT2D eigenvalue weighted by Crippen LogP contribution is 2.36. The molecule has 0 aromatic heterocycles. The van der Waals surface area contributed by atoms with E-state index < -0.39 is 0 Å². The highest BCUT2D eigenvalue weighted by atomic mass is 16.5. The fraction of sp³-hybridized carbons (Fsp3) is 1.00. The van der Waals surface area contributed by atoms with Crippen molar-refractivity contribution in [3.63, 3.8) is 0 Å². The number of nitrogens with one attached hydrogen (secondary N) is 1. The van der Waals surface area contributed by atoms with Gasteiger partial charge in [-0.3, -0.25) is 0 Å². The molecule has 2 aliphatic rings. The lowest BCUT2D eigenvalue weighted by Crippen LogP contribution is -2.57. The van der Waals surface area contributed by atoms with Crippen LogP contribution in [0.2, 0.25) is 0 Å². The molecule has 1 saturated heterocycles. The maximum atomic E-state index is 5.75. The summed E-state index contributed by atoms with van der Waals surface area (Å²) in [7, 11) is 0. The van der Waals surface area contributed by atoms with E-state index in [2.05, 4.69) is 12.2 Å². The summed E-state index contributed by atoms with van der Waals surface area (Å²) in [5.41, 5.74) is 0.270. The molecule has 1 spiro atoms. The zero-order chi connectivity index (χ0) is 7.03. The molecule has 1 atom stereocenters. The Labute approximate surface area is 61.9 Å². The maximum absolute atomic E-state index is 5.75. The van der Waals surface area contributed by atoms with Gasteiger partial charge in [0.2, 0.25) is 0 Å². The van der Waals surface area contributed by atoms with Gasteiger partial charge in [0, 0.05) is 12.6 Å². The standard InChI is InChI=1S/C8H15NO/c1-7-5-10-8(6-9-7)3-2-4-8/h7,9H,2-6H2,1H3. The highest BCUT2D eigenvalue weighted by Gasteiger charge is 2.40. The first-order chi connectivity index (χ1) is 4.81. The van der Waals surface area contributed by atoms with E-state index in [9.17, 15) is 0 Å². The number of rotatable bonds is 0. The third kappa shape index (κ3) is 0.956. The lowest BCUT2D eigenvalue weighted by molar-refractivity contribution is -0.127. The molecule has 2 rings (SSSR count). The van der Waals surface area contributed by atoms with E-state index in [1.165, 1.54) is 19.3 Å². The first-order valence-corrected chi connectivity index (χ1v) is 4.18. The molecular weight excluding hydrogens is 126 g/mol. The van der Waals surface area contributed by atoms with E-state index in [1.54, 1.807) is 0 Å². The van der Waals surface area contributed by atoms with Gasteiger partial charge < -0.3 is 10.1 Å². The molecule has 1 heterocycles. The molecule has 0 aromatic carbocycles. The Bertz CT molecular complexity index is 121. The predicted molar refractivity (Wildman–Crippen MR) is 40.0 cm³/mol. The lowest BCUT2D eigenvalue weighted by atomic mass is 9.79. The molecule has 0 radical (unpaired) electrons. The fourth-order valence-electron chi connectivity index (χ4n) is 1.66. The molecule has 10 heavy (non-hydrogen) atoms. The van der Waals surface area contributed by atoms with Crippen LogP contribution >= 0.6 is 0 Å². The second-order valence-corrected chi connectivity index (χ2v) is 3.63. The molecular formula is C8H15NO. The van der Waals surface area contributed by atoms with Crippen molar-refractivity contribution < 1.29 is 4.74 Å². The molecule has 0 amide bonds. The van der Waals surface area contributed by atoms with Crippen LogP contribution in [0.3, 0.4) is 0 Å². The van der Waals surface area contributed by atoms with Gasteiger partial charge >= 0.3 is 0 Å². The predicted octanol–water partition coefficient (Wildman–Crippen LogP) is 0.917. The Balaban J connectivity index is 1.90. The van der Waals surface area contributed by atoms with E-state index in [-0.39, 0.29) is 5.60 Å². The largest absolute Gasteiger partial charge is 0.372 e. The molecule has 1 aliphatic carbocycles. The van der Waals surface area contributed by atoms with Crippen LogP contribution in [0.25, 0.3) is 0 Å². The fourth-order valence-corrected chi connectivity index (χ4v) is 1.66. The molecule has 58 valence electrons. The molecule has 1 aliphatic heterocycles. The minimum atomic E-state index is 0.270. The Morgan fingerprint density at radius 2 is 2.30 bits per heavy atom. The summed E-state index contributed by atoms with van der Waals surface area (Å²) in [5, 5.41) is 3.45. The maximum Gasteiger partial charge on any atom is 0.0807 e. The van der Waals surface area contributed by atoms with Crippen LogP contribution in [-0.2, 0) is 4.74 Å². The molecule has 1 N–H and O–H groups in total. The summed E-state index contributed by atoms with van der Waals surface area (Å²) < 4.78 is 5.75. The van der Waals surface area contributed by atoms with Crippen molar-refractivity contribution in [2.45, 2.75) is 37.8 Å². The van der Waals surface area contributed by atoms with Crippen molar-refractivity contribution in [2.75, 3.05) is 13.2 Å². The lowest BCUT2D eigenvalue weighted by Gasteiger charge is -2.46. The summed E-state index contributed by atoms with van der Waals surface area (Å²) in [5.74, 6) is 0. The summed E-state index contributed by atoms with van der Waals surface area (Å²) >= 11 is 0. The minimum absolute atomic E-state index is 0.270. The van der Waals surface area contributed by atoms with Crippen LogP contribution in [0.4, 0.5) is 0 Å². The van der Waals surface area contributed by atoms with Gasteiger partial charge in [-0.15, -0.1) is 0 Å². The van der Waals surface area contributed by atoms with Gasteiger partial charge in [-0.1, -0.05) is 0 Å². The molecule has 2 fully saturated rings. The molecule has 1 saturated carbocycles. The summed E-state index contributed by atoms with van der Waals surface area (Å²) in [6, 6.07) is 0.561. The second-order valence-electron chi connectivity index (χ2n) is 3.63. The van der Waals surface area contributed by atoms with Crippen molar-refractivity contribution in [2.24, 2.45) is 0 Å². The van der Waals surface area contributed by atoms with Gasteiger partial charge in [-0.05, 0) is 26.2 Å². The van der Waals surface area contributed by atoms with Gasteiger partial charge in [0.05, 0.1) is 12.2 Å². The molecule has 0 aromatic rings. The highest BCUT2D eigenvalue weighted by molar-refractivity contribution is 4.95. The van der Waals surface area contributed by atoms with Crippen LogP contribution in [0, 0.1) is 0 Å². The first-order valence-electron chi connectivity index (χ1n) is 4.18. The zero-order valence-corrected chi connectivity index (χ0v) is 6.52. The smallest absolute Gasteiger partial charge is 0.0807 e. The number of hydrogen-bond donors (Lipinski definition) is 1. The summed E-state index contributed by atoms with van der Waals surface area (Å²) in [4.78, 5) is 0. The SMILES string of the molecule is CC1COC2(CCC2)CN1. The van der Waals surface area contributed by atoms with Gasteiger partial charge in [0.25, 0.3) is 0 Å². The van der Waals surface area contributed by atoms with E-state index in [0.29, 0.717) is 6.04 Å². The van der Waals surface area contributed by atoms with E-state index in [1.807, 2.05) is 0 Å². The third-order valence-electron chi connectivity index (χ3n) is 2.68. The molecule has 2 heteroatoms. The van der Waals surface area contributed by atoms with Gasteiger partial charge in [-0.25, -0.2) is 0 Å². The number of hydrogen-bond acceptors (Lipinski definition) is 2. The number of ether oxygens (including phenoxy) is 1. The average molecular weight is 141 g/mol. The molecule has 1 unspecified atom stereocenters. The Hall–Kier alpha value is -0.0800. The first kappa shape index (κ1) is 6.62. The van der Waals surface area contributed by atoms with Crippen molar-refractivity contribution in [3.05, 3.63) is 0 Å². The van der Waals surface area contributed by atoms with Crippen LogP contribution in [-0.4, -0.2) is 24.8 Å². The summed E-state index contributed by atoms with van der Waals surface area (Å²) in [6.07, 6.45) is 3.90. The molecule has 2 nitrogen and oxygen atoms in total. The van der Waals surface area contributed by atoms with Gasteiger partial charge in [0.15, 0.2) is 0 Å². The second kappa shape index (κ2) is 2.21. The monoisotopic (exact) mass is 141 g/mol.